The minimum absolute atomic E-state index is 0.132. The van der Waals surface area contributed by atoms with Crippen LogP contribution in [-0.4, -0.2) is 36.7 Å². The van der Waals surface area contributed by atoms with Gasteiger partial charge in [-0.25, -0.2) is 4.79 Å². The Hall–Kier alpha value is -2.54. The van der Waals surface area contributed by atoms with Crippen LogP contribution in [0.4, 0.5) is 0 Å². The van der Waals surface area contributed by atoms with Gasteiger partial charge in [-0.2, -0.15) is 0 Å². The predicted molar refractivity (Wildman–Crippen MR) is 86.7 cm³/mol. The number of aromatic carboxylic acids is 1. The molecule has 2 N–H and O–H groups in total. The standard InChI is InChI=1S/C16H17NO5S/c1-10(9-22-12-6-4-3-5-11(12)21-2)17-15(18)13-7-8-14(23-13)16(19)20/h3-8,10H,9H2,1-2H3,(H,17,18)(H,19,20). The summed E-state index contributed by atoms with van der Waals surface area (Å²) in [6.45, 7) is 2.07. The minimum atomic E-state index is -1.04. The zero-order valence-corrected chi connectivity index (χ0v) is 13.6. The first-order chi connectivity index (χ1) is 11.0. The molecule has 1 amide bonds. The van der Waals surface area contributed by atoms with E-state index in [9.17, 15) is 9.59 Å². The van der Waals surface area contributed by atoms with Crippen molar-refractivity contribution in [1.82, 2.24) is 5.32 Å². The Bertz CT molecular complexity index is 697. The molecular formula is C16H17NO5S. The molecule has 0 fully saturated rings. The first-order valence-corrected chi connectivity index (χ1v) is 7.72. The van der Waals surface area contributed by atoms with Crippen LogP contribution in [0.2, 0.25) is 0 Å². The molecule has 1 heterocycles. The van der Waals surface area contributed by atoms with Gasteiger partial charge in [0.05, 0.1) is 18.0 Å². The van der Waals surface area contributed by atoms with E-state index in [2.05, 4.69) is 5.32 Å². The molecule has 6 nitrogen and oxygen atoms in total. The highest BCUT2D eigenvalue weighted by molar-refractivity contribution is 7.15. The number of hydrogen-bond donors (Lipinski definition) is 2. The average Bonchev–Trinajstić information content (AvgIpc) is 3.03. The van der Waals surface area contributed by atoms with Crippen LogP contribution in [0.15, 0.2) is 36.4 Å². The molecule has 2 aromatic rings. The van der Waals surface area contributed by atoms with Gasteiger partial charge in [0.25, 0.3) is 5.91 Å². The third-order valence-corrected chi connectivity index (χ3v) is 4.05. The molecule has 1 atom stereocenters. The van der Waals surface area contributed by atoms with E-state index in [0.717, 1.165) is 11.3 Å². The number of benzene rings is 1. The first kappa shape index (κ1) is 16.8. The molecule has 0 saturated heterocycles. The molecule has 1 unspecified atom stereocenters. The highest BCUT2D eigenvalue weighted by atomic mass is 32.1. The van der Waals surface area contributed by atoms with Crippen LogP contribution in [0.25, 0.3) is 0 Å². The Labute approximate surface area is 137 Å². The molecule has 122 valence electrons. The number of rotatable bonds is 7. The fraction of sp³-hybridized carbons (Fsp3) is 0.250. The lowest BCUT2D eigenvalue weighted by molar-refractivity contribution is 0.0702. The molecule has 0 aliphatic carbocycles. The molecule has 0 aliphatic heterocycles. The van der Waals surface area contributed by atoms with Crippen molar-refractivity contribution in [2.24, 2.45) is 0 Å². The monoisotopic (exact) mass is 335 g/mol. The lowest BCUT2D eigenvalue weighted by atomic mass is 10.3. The van der Waals surface area contributed by atoms with Crippen molar-refractivity contribution in [3.63, 3.8) is 0 Å². The Kier molecular flexibility index (Phi) is 5.59. The van der Waals surface area contributed by atoms with Crippen molar-refractivity contribution in [3.05, 3.63) is 46.2 Å². The summed E-state index contributed by atoms with van der Waals surface area (Å²) in [6.07, 6.45) is 0. The highest BCUT2D eigenvalue weighted by Crippen LogP contribution is 2.25. The number of carboxylic acid groups (broad SMARTS) is 1. The fourth-order valence-electron chi connectivity index (χ4n) is 1.86. The number of thiophene rings is 1. The highest BCUT2D eigenvalue weighted by Gasteiger charge is 2.15. The van der Waals surface area contributed by atoms with Crippen molar-refractivity contribution in [2.75, 3.05) is 13.7 Å². The van der Waals surface area contributed by atoms with E-state index in [-0.39, 0.29) is 23.4 Å². The fourth-order valence-corrected chi connectivity index (χ4v) is 2.61. The van der Waals surface area contributed by atoms with Crippen molar-refractivity contribution in [2.45, 2.75) is 13.0 Å². The molecule has 1 aromatic heterocycles. The predicted octanol–water partition coefficient (Wildman–Crippen LogP) is 2.65. The van der Waals surface area contributed by atoms with Crippen LogP contribution in [-0.2, 0) is 0 Å². The van der Waals surface area contributed by atoms with Crippen molar-refractivity contribution < 1.29 is 24.2 Å². The summed E-state index contributed by atoms with van der Waals surface area (Å²) >= 11 is 0.939. The van der Waals surface area contributed by atoms with Crippen molar-refractivity contribution in [1.29, 1.82) is 0 Å². The molecular weight excluding hydrogens is 318 g/mol. The van der Waals surface area contributed by atoms with Gasteiger partial charge in [0.2, 0.25) is 0 Å². The van der Waals surface area contributed by atoms with Crippen LogP contribution >= 0.6 is 11.3 Å². The summed E-state index contributed by atoms with van der Waals surface area (Å²) in [7, 11) is 1.56. The smallest absolute Gasteiger partial charge is 0.345 e. The van der Waals surface area contributed by atoms with Gasteiger partial charge in [0.15, 0.2) is 11.5 Å². The largest absolute Gasteiger partial charge is 0.493 e. The number of methoxy groups -OCH3 is 1. The van der Waals surface area contributed by atoms with Gasteiger partial charge in [-0.3, -0.25) is 4.79 Å². The number of carbonyl (C=O) groups is 2. The maximum atomic E-state index is 12.1. The minimum Gasteiger partial charge on any atom is -0.493 e. The van der Waals surface area contributed by atoms with E-state index in [4.69, 9.17) is 14.6 Å². The third-order valence-electron chi connectivity index (χ3n) is 2.98. The van der Waals surface area contributed by atoms with Crippen LogP contribution in [0.3, 0.4) is 0 Å². The van der Waals surface area contributed by atoms with Crippen molar-refractivity contribution in [3.8, 4) is 11.5 Å². The van der Waals surface area contributed by atoms with Crippen LogP contribution in [0.5, 0.6) is 11.5 Å². The Morgan fingerprint density at radius 3 is 2.43 bits per heavy atom. The topological polar surface area (TPSA) is 84.9 Å². The maximum Gasteiger partial charge on any atom is 0.345 e. The lowest BCUT2D eigenvalue weighted by Gasteiger charge is -2.16. The summed E-state index contributed by atoms with van der Waals surface area (Å²) in [6, 6.07) is 9.91. The van der Waals surface area contributed by atoms with Gasteiger partial charge in [0, 0.05) is 0 Å². The lowest BCUT2D eigenvalue weighted by Crippen LogP contribution is -2.36. The Balaban J connectivity index is 1.89. The van der Waals surface area contributed by atoms with E-state index in [1.54, 1.807) is 26.2 Å². The molecule has 1 aromatic carbocycles. The van der Waals surface area contributed by atoms with Crippen LogP contribution in [0, 0.1) is 0 Å². The number of ether oxygens (including phenoxy) is 2. The number of hydrogen-bond acceptors (Lipinski definition) is 5. The number of para-hydroxylation sites is 2. The number of nitrogens with one attached hydrogen (secondary N) is 1. The van der Waals surface area contributed by atoms with E-state index in [1.807, 2.05) is 12.1 Å². The molecule has 2 rings (SSSR count). The number of carbonyl (C=O) groups excluding carboxylic acids is 1. The second-order valence-electron chi connectivity index (χ2n) is 4.81. The quantitative estimate of drug-likeness (QED) is 0.812. The van der Waals surface area contributed by atoms with E-state index >= 15 is 0 Å². The summed E-state index contributed by atoms with van der Waals surface area (Å²) in [5, 5.41) is 11.6. The second-order valence-corrected chi connectivity index (χ2v) is 5.89. The zero-order chi connectivity index (χ0) is 16.8. The average molecular weight is 335 g/mol. The molecule has 7 heteroatoms. The van der Waals surface area contributed by atoms with Crippen molar-refractivity contribution >= 4 is 23.2 Å². The van der Waals surface area contributed by atoms with Gasteiger partial charge in [-0.05, 0) is 31.2 Å². The summed E-state index contributed by atoms with van der Waals surface area (Å²) < 4.78 is 10.8. The SMILES string of the molecule is COc1ccccc1OCC(C)NC(=O)c1ccc(C(=O)O)s1. The van der Waals surface area contributed by atoms with Crippen LogP contribution in [0.1, 0.15) is 26.3 Å². The molecule has 0 aliphatic rings. The molecule has 23 heavy (non-hydrogen) atoms. The zero-order valence-electron chi connectivity index (χ0n) is 12.7. The van der Waals surface area contributed by atoms with Gasteiger partial charge < -0.3 is 19.9 Å². The normalized spacial score (nSPS) is 11.6. The van der Waals surface area contributed by atoms with Gasteiger partial charge in [0.1, 0.15) is 11.5 Å². The second kappa shape index (κ2) is 7.64. The van der Waals surface area contributed by atoms with Crippen LogP contribution < -0.4 is 14.8 Å². The van der Waals surface area contributed by atoms with E-state index in [1.165, 1.54) is 12.1 Å². The summed E-state index contributed by atoms with van der Waals surface area (Å²) in [5.41, 5.74) is 0. The molecule has 0 radical (unpaired) electrons. The van der Waals surface area contributed by atoms with E-state index in [0.29, 0.717) is 16.4 Å². The Morgan fingerprint density at radius 1 is 1.17 bits per heavy atom. The Morgan fingerprint density at radius 2 is 1.83 bits per heavy atom. The third kappa shape index (κ3) is 4.46. The molecule has 0 spiro atoms. The summed E-state index contributed by atoms with van der Waals surface area (Å²) in [5.74, 6) is -0.143. The maximum absolute atomic E-state index is 12.1. The number of amides is 1. The van der Waals surface area contributed by atoms with Gasteiger partial charge in [-0.1, -0.05) is 12.1 Å². The molecule has 0 bridgehead atoms. The van der Waals surface area contributed by atoms with Gasteiger partial charge in [-0.15, -0.1) is 11.3 Å². The summed E-state index contributed by atoms with van der Waals surface area (Å²) in [4.78, 5) is 23.4. The number of carboxylic acids is 1. The van der Waals surface area contributed by atoms with Gasteiger partial charge >= 0.3 is 5.97 Å². The van der Waals surface area contributed by atoms with E-state index < -0.39 is 5.97 Å². The molecule has 0 saturated carbocycles. The first-order valence-electron chi connectivity index (χ1n) is 6.91.